The summed E-state index contributed by atoms with van der Waals surface area (Å²) in [4.78, 5) is 21.8. The molecule has 5 N–H and O–H groups in total. The van der Waals surface area contributed by atoms with Gasteiger partial charge in [0.2, 0.25) is 0 Å². The van der Waals surface area contributed by atoms with Gasteiger partial charge in [0, 0.05) is 11.8 Å². The van der Waals surface area contributed by atoms with Gasteiger partial charge >= 0.3 is 0 Å². The van der Waals surface area contributed by atoms with Crippen LogP contribution in [0.1, 0.15) is 91.5 Å². The number of carbonyl (C=O) groups is 1. The molecule has 32 heavy (non-hydrogen) atoms. The first-order chi connectivity index (χ1) is 15.5. The summed E-state index contributed by atoms with van der Waals surface area (Å²) in [5, 5.41) is 3.28. The Morgan fingerprint density at radius 1 is 1.12 bits per heavy atom. The fourth-order valence-electron chi connectivity index (χ4n) is 4.42. The molecule has 1 saturated carbocycles. The number of nitrogens with two attached hydrogens (primary N) is 2. The number of aliphatic imine (C=N–C) groups is 1. The first-order valence-corrected chi connectivity index (χ1v) is 11.9. The maximum absolute atomic E-state index is 13.1. The summed E-state index contributed by atoms with van der Waals surface area (Å²) in [6, 6.07) is 11.6. The molecule has 0 radical (unpaired) electrons. The predicted molar refractivity (Wildman–Crippen MR) is 130 cm³/mol. The standard InChI is InChI=1S/C26H37N5O/c1-2-3-7-20-14-15-29-23(16-20)24(17-19-8-5-4-6-9-19)31-25(32)22-12-10-21(11-13-22)18-30-26(27)28/h10-16,19,24H,2-9,17-18H2,1H3,(H,31,32)(H4,27,28,30)/t24-/m0/s1. The van der Waals surface area contributed by atoms with Crippen molar-refractivity contribution < 1.29 is 4.79 Å². The van der Waals surface area contributed by atoms with Gasteiger partial charge in [0.25, 0.3) is 5.91 Å². The van der Waals surface area contributed by atoms with Crippen LogP contribution in [0.15, 0.2) is 47.6 Å². The first-order valence-electron chi connectivity index (χ1n) is 11.9. The van der Waals surface area contributed by atoms with Gasteiger partial charge in [0.15, 0.2) is 5.96 Å². The lowest BCUT2D eigenvalue weighted by Gasteiger charge is -2.27. The van der Waals surface area contributed by atoms with E-state index in [4.69, 9.17) is 11.5 Å². The summed E-state index contributed by atoms with van der Waals surface area (Å²) in [6.07, 6.45) is 12.6. The predicted octanol–water partition coefficient (Wildman–Crippen LogP) is 4.64. The summed E-state index contributed by atoms with van der Waals surface area (Å²) >= 11 is 0. The Labute approximate surface area is 191 Å². The van der Waals surface area contributed by atoms with Crippen molar-refractivity contribution in [3.63, 3.8) is 0 Å². The number of carbonyl (C=O) groups excluding carboxylic acids is 1. The third-order valence-electron chi connectivity index (χ3n) is 6.28. The van der Waals surface area contributed by atoms with Crippen LogP contribution in [0.5, 0.6) is 0 Å². The van der Waals surface area contributed by atoms with Crippen LogP contribution in [-0.2, 0) is 13.0 Å². The minimum Gasteiger partial charge on any atom is -0.370 e. The molecule has 6 heteroatoms. The zero-order chi connectivity index (χ0) is 22.8. The topological polar surface area (TPSA) is 106 Å². The van der Waals surface area contributed by atoms with Crippen LogP contribution in [0.3, 0.4) is 0 Å². The molecule has 1 heterocycles. The zero-order valence-corrected chi connectivity index (χ0v) is 19.2. The molecular formula is C26H37N5O. The highest BCUT2D eigenvalue weighted by Gasteiger charge is 2.23. The van der Waals surface area contributed by atoms with Gasteiger partial charge in [-0.3, -0.25) is 9.78 Å². The minimum atomic E-state index is -0.0755. The molecule has 6 nitrogen and oxygen atoms in total. The van der Waals surface area contributed by atoms with E-state index in [0.717, 1.165) is 30.5 Å². The van der Waals surface area contributed by atoms with E-state index in [1.54, 1.807) is 0 Å². The van der Waals surface area contributed by atoms with Crippen LogP contribution in [0, 0.1) is 5.92 Å². The summed E-state index contributed by atoms with van der Waals surface area (Å²) in [6.45, 7) is 2.61. The van der Waals surface area contributed by atoms with Gasteiger partial charge in [0.1, 0.15) is 0 Å². The Hall–Kier alpha value is -2.89. The highest BCUT2D eigenvalue weighted by atomic mass is 16.1. The molecule has 0 unspecified atom stereocenters. The van der Waals surface area contributed by atoms with Crippen LogP contribution < -0.4 is 16.8 Å². The van der Waals surface area contributed by atoms with Crippen molar-refractivity contribution >= 4 is 11.9 Å². The summed E-state index contributed by atoms with van der Waals surface area (Å²) < 4.78 is 0. The zero-order valence-electron chi connectivity index (χ0n) is 19.2. The third kappa shape index (κ3) is 7.36. The SMILES string of the molecule is CCCCc1ccnc([C@H](CC2CCCCC2)NC(=O)c2ccc(CN=C(N)N)cc2)c1. The van der Waals surface area contributed by atoms with Gasteiger partial charge in [0.05, 0.1) is 18.3 Å². The second-order valence-electron chi connectivity index (χ2n) is 8.90. The first kappa shape index (κ1) is 23.8. The van der Waals surface area contributed by atoms with E-state index in [1.165, 1.54) is 44.1 Å². The molecule has 3 rings (SSSR count). The van der Waals surface area contributed by atoms with E-state index in [1.807, 2.05) is 30.5 Å². The number of rotatable bonds is 10. The largest absolute Gasteiger partial charge is 0.370 e. The Morgan fingerprint density at radius 2 is 1.88 bits per heavy atom. The van der Waals surface area contributed by atoms with Crippen molar-refractivity contribution in [3.05, 3.63) is 65.0 Å². The van der Waals surface area contributed by atoms with E-state index in [9.17, 15) is 4.79 Å². The van der Waals surface area contributed by atoms with E-state index in [0.29, 0.717) is 18.0 Å². The highest BCUT2D eigenvalue weighted by molar-refractivity contribution is 5.94. The van der Waals surface area contributed by atoms with Crippen LogP contribution >= 0.6 is 0 Å². The fraction of sp³-hybridized carbons (Fsp3) is 0.500. The molecular weight excluding hydrogens is 398 g/mol. The molecule has 1 aromatic heterocycles. The molecule has 1 aromatic carbocycles. The summed E-state index contributed by atoms with van der Waals surface area (Å²) in [7, 11) is 0. The number of aryl methyl sites for hydroxylation is 1. The van der Waals surface area contributed by atoms with Gasteiger partial charge in [-0.1, -0.05) is 57.6 Å². The number of amides is 1. The molecule has 1 aliphatic carbocycles. The molecule has 0 spiro atoms. The van der Waals surface area contributed by atoms with E-state index in [-0.39, 0.29) is 17.9 Å². The average molecular weight is 436 g/mol. The van der Waals surface area contributed by atoms with Crippen LogP contribution in [-0.4, -0.2) is 16.9 Å². The third-order valence-corrected chi connectivity index (χ3v) is 6.28. The Morgan fingerprint density at radius 3 is 2.56 bits per heavy atom. The number of guanidine groups is 1. The van der Waals surface area contributed by atoms with Crippen molar-refractivity contribution in [2.45, 2.75) is 77.3 Å². The number of hydrogen-bond acceptors (Lipinski definition) is 3. The number of nitrogens with one attached hydrogen (secondary N) is 1. The van der Waals surface area contributed by atoms with Crippen LogP contribution in [0.25, 0.3) is 0 Å². The van der Waals surface area contributed by atoms with Gasteiger partial charge in [-0.05, 0) is 60.6 Å². The number of nitrogens with zero attached hydrogens (tertiary/aromatic N) is 2. The molecule has 0 bridgehead atoms. The molecule has 0 saturated heterocycles. The Bertz CT molecular complexity index is 883. The molecule has 1 fully saturated rings. The number of aromatic nitrogens is 1. The number of unbranched alkanes of at least 4 members (excludes halogenated alkanes) is 1. The molecule has 172 valence electrons. The fourth-order valence-corrected chi connectivity index (χ4v) is 4.42. The van der Waals surface area contributed by atoms with Gasteiger partial charge < -0.3 is 16.8 Å². The molecule has 1 atom stereocenters. The van der Waals surface area contributed by atoms with Crippen LogP contribution in [0.4, 0.5) is 0 Å². The van der Waals surface area contributed by atoms with E-state index in [2.05, 4.69) is 34.3 Å². The Balaban J connectivity index is 1.74. The van der Waals surface area contributed by atoms with Gasteiger partial charge in [-0.25, -0.2) is 4.99 Å². The number of benzene rings is 1. The summed E-state index contributed by atoms with van der Waals surface area (Å²) in [5.74, 6) is 0.628. The highest BCUT2D eigenvalue weighted by Crippen LogP contribution is 2.32. The van der Waals surface area contributed by atoms with Crippen molar-refractivity contribution in [2.24, 2.45) is 22.4 Å². The Kier molecular flexibility index (Phi) is 9.08. The second-order valence-corrected chi connectivity index (χ2v) is 8.90. The van der Waals surface area contributed by atoms with Crippen molar-refractivity contribution in [2.75, 3.05) is 0 Å². The maximum atomic E-state index is 13.1. The van der Waals surface area contributed by atoms with Crippen molar-refractivity contribution in [1.82, 2.24) is 10.3 Å². The quantitative estimate of drug-likeness (QED) is 0.373. The lowest BCUT2D eigenvalue weighted by atomic mass is 9.84. The minimum absolute atomic E-state index is 0.0611. The normalized spacial score (nSPS) is 15.2. The lowest BCUT2D eigenvalue weighted by molar-refractivity contribution is 0.0927. The monoisotopic (exact) mass is 435 g/mol. The smallest absolute Gasteiger partial charge is 0.251 e. The number of pyridine rings is 1. The maximum Gasteiger partial charge on any atom is 0.251 e. The molecule has 2 aromatic rings. The molecule has 0 aliphatic heterocycles. The van der Waals surface area contributed by atoms with E-state index < -0.39 is 0 Å². The molecule has 1 amide bonds. The number of hydrogen-bond donors (Lipinski definition) is 3. The lowest BCUT2D eigenvalue weighted by Crippen LogP contribution is -2.31. The van der Waals surface area contributed by atoms with E-state index >= 15 is 0 Å². The molecule has 1 aliphatic rings. The van der Waals surface area contributed by atoms with Crippen molar-refractivity contribution in [3.8, 4) is 0 Å². The average Bonchev–Trinajstić information content (AvgIpc) is 2.82. The summed E-state index contributed by atoms with van der Waals surface area (Å²) in [5.41, 5.74) is 14.7. The van der Waals surface area contributed by atoms with Gasteiger partial charge in [-0.2, -0.15) is 0 Å². The second kappa shape index (κ2) is 12.2. The van der Waals surface area contributed by atoms with Gasteiger partial charge in [-0.15, -0.1) is 0 Å². The van der Waals surface area contributed by atoms with Crippen molar-refractivity contribution in [1.29, 1.82) is 0 Å². The van der Waals surface area contributed by atoms with Crippen LogP contribution in [0.2, 0.25) is 0 Å².